The number of anilines is 2. The third kappa shape index (κ3) is 5.31. The van der Waals surface area contributed by atoms with Crippen molar-refractivity contribution in [2.24, 2.45) is 0 Å². The van der Waals surface area contributed by atoms with E-state index in [-0.39, 0.29) is 17.7 Å². The monoisotopic (exact) mass is 395 g/mol. The first-order valence-electron chi connectivity index (χ1n) is 9.57. The van der Waals surface area contributed by atoms with Crippen molar-refractivity contribution in [2.45, 2.75) is 19.9 Å². The number of Topliss-reactive ketones (excluding diaryl/α,β-unsaturated/α-hetero) is 1. The molecular weight excluding hydrogens is 370 g/mol. The Morgan fingerprint density at radius 2 is 1.69 bits per heavy atom. The smallest absolute Gasteiger partial charge is 0.318 e. The Morgan fingerprint density at radius 1 is 1.00 bits per heavy atom. The molecule has 1 saturated heterocycles. The summed E-state index contributed by atoms with van der Waals surface area (Å²) in [5.41, 5.74) is 1.15. The minimum absolute atomic E-state index is 0.0355. The van der Waals surface area contributed by atoms with Crippen LogP contribution in [0.2, 0.25) is 0 Å². The number of nitrogens with zero attached hydrogens (tertiary/aromatic N) is 3. The minimum Gasteiger partial charge on any atom is -0.353 e. The van der Waals surface area contributed by atoms with Crippen LogP contribution in [0.25, 0.3) is 0 Å². The molecule has 0 bridgehead atoms. The van der Waals surface area contributed by atoms with Crippen LogP contribution in [0.1, 0.15) is 24.2 Å². The molecule has 1 aliphatic heterocycles. The number of hydrogen-bond donors (Lipinski definition) is 2. The van der Waals surface area contributed by atoms with Crippen LogP contribution in [0.3, 0.4) is 0 Å². The maximum Gasteiger partial charge on any atom is 0.318 e. The zero-order valence-corrected chi connectivity index (χ0v) is 16.6. The highest BCUT2D eigenvalue weighted by Crippen LogP contribution is 2.13. The lowest BCUT2D eigenvalue weighted by molar-refractivity contribution is -0.117. The molecule has 1 aliphatic rings. The molecule has 1 fully saturated rings. The van der Waals surface area contributed by atoms with Gasteiger partial charge in [0.15, 0.2) is 5.78 Å². The van der Waals surface area contributed by atoms with E-state index in [1.165, 1.54) is 6.92 Å². The highest BCUT2D eigenvalue weighted by atomic mass is 16.2. The zero-order valence-electron chi connectivity index (χ0n) is 16.6. The van der Waals surface area contributed by atoms with E-state index in [0.29, 0.717) is 37.4 Å². The van der Waals surface area contributed by atoms with E-state index in [0.717, 1.165) is 5.82 Å². The third-order valence-electron chi connectivity index (χ3n) is 4.83. The molecule has 0 radical (unpaired) electrons. The maximum absolute atomic E-state index is 12.5. The highest BCUT2D eigenvalue weighted by Gasteiger charge is 2.24. The molecule has 8 heteroatoms. The standard InChI is InChI=1S/C21H25N5O3/c1-15(20(28)24-18-8-6-17(7-9-18)16(2)27)23-21(29)26-13-11-25(12-14-26)19-5-3-4-10-22-19/h3-10,15H,11-14H2,1-2H3,(H,23,29)(H,24,28)/t15-/m0/s1. The second kappa shape index (κ2) is 9.18. The Balaban J connectivity index is 1.47. The summed E-state index contributed by atoms with van der Waals surface area (Å²) in [7, 11) is 0. The number of carbonyl (C=O) groups excluding carboxylic acids is 3. The van der Waals surface area contributed by atoms with E-state index in [2.05, 4.69) is 20.5 Å². The van der Waals surface area contributed by atoms with Crippen LogP contribution < -0.4 is 15.5 Å². The van der Waals surface area contributed by atoms with Gasteiger partial charge in [0.25, 0.3) is 0 Å². The normalized spacial score (nSPS) is 14.8. The molecule has 0 spiro atoms. The highest BCUT2D eigenvalue weighted by molar-refractivity contribution is 5.98. The van der Waals surface area contributed by atoms with Crippen molar-refractivity contribution < 1.29 is 14.4 Å². The van der Waals surface area contributed by atoms with Crippen LogP contribution in [0.15, 0.2) is 48.7 Å². The number of piperazine rings is 1. The van der Waals surface area contributed by atoms with Crippen LogP contribution in [0, 0.1) is 0 Å². The van der Waals surface area contributed by atoms with Gasteiger partial charge in [-0.3, -0.25) is 9.59 Å². The number of amides is 3. The SMILES string of the molecule is CC(=O)c1ccc(NC(=O)[C@H](C)NC(=O)N2CCN(c3ccccn3)CC2)cc1. The minimum atomic E-state index is -0.691. The van der Waals surface area contributed by atoms with Crippen molar-refractivity contribution in [2.75, 3.05) is 36.4 Å². The predicted octanol–water partition coefficient (Wildman–Crippen LogP) is 2.14. The van der Waals surface area contributed by atoms with Gasteiger partial charge in [0.2, 0.25) is 5.91 Å². The van der Waals surface area contributed by atoms with Gasteiger partial charge in [-0.1, -0.05) is 6.07 Å². The second-order valence-corrected chi connectivity index (χ2v) is 6.96. The molecule has 0 unspecified atom stereocenters. The zero-order chi connectivity index (χ0) is 20.8. The molecule has 8 nitrogen and oxygen atoms in total. The Bertz CT molecular complexity index is 862. The fourth-order valence-corrected chi connectivity index (χ4v) is 3.06. The predicted molar refractivity (Wildman–Crippen MR) is 111 cm³/mol. The summed E-state index contributed by atoms with van der Waals surface area (Å²) in [6.07, 6.45) is 1.75. The molecule has 2 N–H and O–H groups in total. The van der Waals surface area contributed by atoms with Gasteiger partial charge in [-0.05, 0) is 50.2 Å². The van der Waals surface area contributed by atoms with Gasteiger partial charge in [0.1, 0.15) is 11.9 Å². The Morgan fingerprint density at radius 3 is 2.28 bits per heavy atom. The van der Waals surface area contributed by atoms with Gasteiger partial charge in [-0.25, -0.2) is 9.78 Å². The van der Waals surface area contributed by atoms with Gasteiger partial charge in [0, 0.05) is 43.6 Å². The number of nitrogens with one attached hydrogen (secondary N) is 2. The average Bonchev–Trinajstić information content (AvgIpc) is 2.74. The van der Waals surface area contributed by atoms with E-state index in [9.17, 15) is 14.4 Å². The number of aromatic nitrogens is 1. The summed E-state index contributed by atoms with van der Waals surface area (Å²) < 4.78 is 0. The van der Waals surface area contributed by atoms with Crippen LogP contribution in [-0.4, -0.2) is 59.8 Å². The fraction of sp³-hybridized carbons (Fsp3) is 0.333. The van der Waals surface area contributed by atoms with Gasteiger partial charge >= 0.3 is 6.03 Å². The van der Waals surface area contributed by atoms with Gasteiger partial charge in [0.05, 0.1) is 0 Å². The third-order valence-corrected chi connectivity index (χ3v) is 4.83. The van der Waals surface area contributed by atoms with Crippen LogP contribution in [0.4, 0.5) is 16.3 Å². The molecule has 29 heavy (non-hydrogen) atoms. The summed E-state index contributed by atoms with van der Waals surface area (Å²) in [5.74, 6) is 0.545. The largest absolute Gasteiger partial charge is 0.353 e. The first-order valence-corrected chi connectivity index (χ1v) is 9.57. The van der Waals surface area contributed by atoms with E-state index in [4.69, 9.17) is 0 Å². The molecule has 3 rings (SSSR count). The van der Waals surface area contributed by atoms with Crippen molar-refractivity contribution in [1.29, 1.82) is 0 Å². The number of urea groups is 1. The molecule has 1 aromatic heterocycles. The number of benzene rings is 1. The molecule has 1 atom stereocenters. The van der Waals surface area contributed by atoms with E-state index >= 15 is 0 Å². The average molecular weight is 395 g/mol. The Labute approximate surface area is 169 Å². The van der Waals surface area contributed by atoms with Crippen molar-refractivity contribution >= 4 is 29.2 Å². The number of hydrogen-bond acceptors (Lipinski definition) is 5. The van der Waals surface area contributed by atoms with E-state index in [1.54, 1.807) is 42.3 Å². The van der Waals surface area contributed by atoms with E-state index < -0.39 is 6.04 Å². The molecule has 1 aromatic carbocycles. The number of rotatable bonds is 5. The van der Waals surface area contributed by atoms with Crippen LogP contribution in [0.5, 0.6) is 0 Å². The van der Waals surface area contributed by atoms with Crippen LogP contribution in [-0.2, 0) is 4.79 Å². The van der Waals surface area contributed by atoms with Crippen molar-refractivity contribution in [3.63, 3.8) is 0 Å². The fourth-order valence-electron chi connectivity index (χ4n) is 3.06. The van der Waals surface area contributed by atoms with Gasteiger partial charge < -0.3 is 20.4 Å². The summed E-state index contributed by atoms with van der Waals surface area (Å²) in [4.78, 5) is 44.3. The van der Waals surface area contributed by atoms with Crippen molar-refractivity contribution in [3.05, 3.63) is 54.2 Å². The summed E-state index contributed by atoms with van der Waals surface area (Å²) in [5, 5.41) is 5.49. The number of carbonyl (C=O) groups is 3. The lowest BCUT2D eigenvalue weighted by atomic mass is 10.1. The lowest BCUT2D eigenvalue weighted by Crippen LogP contribution is -2.54. The number of pyridine rings is 1. The quantitative estimate of drug-likeness (QED) is 0.757. The lowest BCUT2D eigenvalue weighted by Gasteiger charge is -2.35. The van der Waals surface area contributed by atoms with Crippen LogP contribution >= 0.6 is 0 Å². The molecule has 2 aromatic rings. The molecular formula is C21H25N5O3. The van der Waals surface area contributed by atoms with Crippen molar-refractivity contribution in [3.8, 4) is 0 Å². The maximum atomic E-state index is 12.5. The molecule has 3 amide bonds. The molecule has 152 valence electrons. The molecule has 0 aliphatic carbocycles. The van der Waals surface area contributed by atoms with Gasteiger partial charge in [-0.2, -0.15) is 0 Å². The van der Waals surface area contributed by atoms with E-state index in [1.807, 2.05) is 18.2 Å². The molecule has 2 heterocycles. The summed E-state index contributed by atoms with van der Waals surface area (Å²) in [6.45, 7) is 5.62. The topological polar surface area (TPSA) is 94.6 Å². The molecule has 0 saturated carbocycles. The Kier molecular flexibility index (Phi) is 6.43. The first kappa shape index (κ1) is 20.3. The van der Waals surface area contributed by atoms with Crippen molar-refractivity contribution in [1.82, 2.24) is 15.2 Å². The number of ketones is 1. The first-order chi connectivity index (χ1) is 13.9. The second-order valence-electron chi connectivity index (χ2n) is 6.96. The summed E-state index contributed by atoms with van der Waals surface area (Å²) >= 11 is 0. The van der Waals surface area contributed by atoms with Gasteiger partial charge in [-0.15, -0.1) is 0 Å². The Hall–Kier alpha value is -3.42. The summed E-state index contributed by atoms with van der Waals surface area (Å²) in [6, 6.07) is 11.5.